The van der Waals surface area contributed by atoms with Crippen LogP contribution in [0.3, 0.4) is 0 Å². The summed E-state index contributed by atoms with van der Waals surface area (Å²) in [6.07, 6.45) is 0.359. The fraction of sp³-hybridized carbons (Fsp3) is 0.381. The van der Waals surface area contributed by atoms with Crippen molar-refractivity contribution in [3.05, 3.63) is 35.7 Å². The molecule has 0 fully saturated rings. The van der Waals surface area contributed by atoms with Crippen molar-refractivity contribution in [1.29, 1.82) is 5.26 Å². The Hall–Kier alpha value is -3.67. The van der Waals surface area contributed by atoms with Crippen LogP contribution in [0.25, 0.3) is 22.6 Å². The van der Waals surface area contributed by atoms with E-state index >= 15 is 0 Å². The van der Waals surface area contributed by atoms with Gasteiger partial charge in [-0.15, -0.1) is 0 Å². The lowest BCUT2D eigenvalue weighted by molar-refractivity contribution is -0.130. The van der Waals surface area contributed by atoms with Gasteiger partial charge in [0.2, 0.25) is 0 Å². The largest absolute Gasteiger partial charge is 0.463 e. The van der Waals surface area contributed by atoms with Crippen LogP contribution in [-0.2, 0) is 9.53 Å². The van der Waals surface area contributed by atoms with Gasteiger partial charge in [-0.2, -0.15) is 5.26 Å². The smallest absolute Gasteiger partial charge is 0.339 e. The lowest BCUT2D eigenvalue weighted by atomic mass is 9.90. The molecule has 0 aliphatic carbocycles. The molecule has 3 aromatic heterocycles. The van der Waals surface area contributed by atoms with Gasteiger partial charge in [0.25, 0.3) is 11.6 Å². The number of fused-ring (bicyclic) bond motifs is 1. The number of carbonyl (C=O) groups excluding carboxylic acids is 2. The summed E-state index contributed by atoms with van der Waals surface area (Å²) in [5.74, 6) is -1.01. The Labute approximate surface area is 173 Å². The van der Waals surface area contributed by atoms with E-state index in [-0.39, 0.29) is 17.2 Å². The Bertz CT molecular complexity index is 1130. The van der Waals surface area contributed by atoms with Crippen molar-refractivity contribution >= 4 is 23.0 Å². The summed E-state index contributed by atoms with van der Waals surface area (Å²) in [5.41, 5.74) is 0.0483. The van der Waals surface area contributed by atoms with Crippen molar-refractivity contribution in [3.8, 4) is 17.5 Å². The maximum Gasteiger partial charge on any atom is 0.339 e. The number of nitrogens with zero attached hydrogens (tertiary/aromatic N) is 3. The molecule has 0 aliphatic rings. The maximum absolute atomic E-state index is 12.9. The minimum atomic E-state index is -1.13. The van der Waals surface area contributed by atoms with Crippen LogP contribution >= 0.6 is 0 Å². The van der Waals surface area contributed by atoms with E-state index in [0.29, 0.717) is 22.5 Å². The second-order valence-electron chi connectivity index (χ2n) is 7.49. The second kappa shape index (κ2) is 7.99. The van der Waals surface area contributed by atoms with Gasteiger partial charge in [0, 0.05) is 0 Å². The summed E-state index contributed by atoms with van der Waals surface area (Å²) in [4.78, 5) is 29.8. The zero-order valence-electron chi connectivity index (χ0n) is 17.3. The molecule has 30 heavy (non-hydrogen) atoms. The first-order chi connectivity index (χ1) is 14.2. The number of rotatable bonds is 6. The van der Waals surface area contributed by atoms with Crippen LogP contribution in [0, 0.1) is 24.2 Å². The highest BCUT2D eigenvalue weighted by atomic mass is 16.5. The number of nitrogens with one attached hydrogen (secondary N) is 1. The summed E-state index contributed by atoms with van der Waals surface area (Å²) in [5, 5.41) is 16.3. The van der Waals surface area contributed by atoms with E-state index in [9.17, 15) is 14.9 Å². The molecule has 0 aliphatic heterocycles. The average Bonchev–Trinajstić information content (AvgIpc) is 3.37. The lowest BCUT2D eigenvalue weighted by Gasteiger charge is -2.28. The minimum Gasteiger partial charge on any atom is -0.463 e. The fourth-order valence-corrected chi connectivity index (χ4v) is 2.74. The number of aryl methyl sites for hydroxylation is 1. The zero-order chi connectivity index (χ0) is 22.1. The molecule has 156 valence electrons. The summed E-state index contributed by atoms with van der Waals surface area (Å²) in [6.45, 7) is 8.37. The molecule has 0 saturated carbocycles. The van der Waals surface area contributed by atoms with Crippen LogP contribution in [0.5, 0.6) is 0 Å². The van der Waals surface area contributed by atoms with E-state index in [0.717, 1.165) is 0 Å². The second-order valence-corrected chi connectivity index (χ2v) is 7.49. The van der Waals surface area contributed by atoms with Gasteiger partial charge in [0.05, 0.1) is 29.0 Å². The van der Waals surface area contributed by atoms with Crippen LogP contribution in [0.1, 0.15) is 43.7 Å². The predicted octanol–water partition coefficient (Wildman–Crippen LogP) is 3.39. The Morgan fingerprint density at radius 2 is 2.07 bits per heavy atom. The Morgan fingerprint density at radius 3 is 2.67 bits per heavy atom. The first-order valence-corrected chi connectivity index (χ1v) is 9.41. The van der Waals surface area contributed by atoms with Gasteiger partial charge in [-0.3, -0.25) is 4.79 Å². The van der Waals surface area contributed by atoms with Crippen LogP contribution in [0.2, 0.25) is 0 Å². The van der Waals surface area contributed by atoms with Crippen LogP contribution in [0.4, 0.5) is 0 Å². The molecule has 0 saturated heterocycles. The Morgan fingerprint density at radius 1 is 1.33 bits per heavy atom. The van der Waals surface area contributed by atoms with Crippen LogP contribution in [0.15, 0.2) is 33.4 Å². The highest BCUT2D eigenvalue weighted by molar-refractivity contribution is 6.05. The van der Waals surface area contributed by atoms with Gasteiger partial charge >= 0.3 is 5.97 Å². The number of carbonyl (C=O) groups is 2. The van der Waals surface area contributed by atoms with Crippen LogP contribution in [-0.4, -0.2) is 33.7 Å². The number of ether oxygens (including phenoxy) is 1. The van der Waals surface area contributed by atoms with Crippen LogP contribution < -0.4 is 5.32 Å². The Balaban J connectivity index is 1.89. The molecule has 2 atom stereocenters. The van der Waals surface area contributed by atoms with E-state index in [1.165, 1.54) is 19.3 Å². The molecule has 3 aromatic rings. The highest BCUT2D eigenvalue weighted by Crippen LogP contribution is 2.28. The number of aromatic nitrogens is 2. The molecule has 1 N–H and O–H groups in total. The number of hydrogen-bond donors (Lipinski definition) is 1. The van der Waals surface area contributed by atoms with Gasteiger partial charge in [-0.05, 0) is 44.9 Å². The van der Waals surface area contributed by atoms with E-state index < -0.39 is 23.5 Å². The molecule has 1 amide bonds. The van der Waals surface area contributed by atoms with Gasteiger partial charge in [-0.25, -0.2) is 9.78 Å². The number of furan rings is 1. The molecule has 0 bridgehead atoms. The summed E-state index contributed by atoms with van der Waals surface area (Å²) >= 11 is 0. The first-order valence-electron chi connectivity index (χ1n) is 9.41. The molecule has 2 unspecified atom stereocenters. The predicted molar refractivity (Wildman–Crippen MR) is 106 cm³/mol. The van der Waals surface area contributed by atoms with Crippen molar-refractivity contribution in [2.24, 2.45) is 5.92 Å². The van der Waals surface area contributed by atoms with Gasteiger partial charge in [0.15, 0.2) is 11.9 Å². The molecule has 9 heteroatoms. The summed E-state index contributed by atoms with van der Waals surface area (Å²) < 4.78 is 15.9. The Kier molecular flexibility index (Phi) is 5.60. The standard InChI is InChI=1S/C21H22N4O5/c1-11(2)21(5,10-22)24-18(26)13(4)29-20(27)14-9-15(16-7-6-8-28-16)23-19-17(14)12(3)25-30-19/h6-9,11,13H,1-5H3,(H,24,26). The normalized spacial score (nSPS) is 14.2. The summed E-state index contributed by atoms with van der Waals surface area (Å²) in [7, 11) is 0. The lowest BCUT2D eigenvalue weighted by Crippen LogP contribution is -2.52. The van der Waals surface area contributed by atoms with E-state index in [4.69, 9.17) is 13.7 Å². The third-order valence-electron chi connectivity index (χ3n) is 5.03. The highest BCUT2D eigenvalue weighted by Gasteiger charge is 2.33. The number of hydrogen-bond acceptors (Lipinski definition) is 8. The minimum absolute atomic E-state index is 0.135. The van der Waals surface area contributed by atoms with Crippen molar-refractivity contribution < 1.29 is 23.3 Å². The maximum atomic E-state index is 12.9. The van der Waals surface area contributed by atoms with Crippen molar-refractivity contribution in [2.45, 2.75) is 46.3 Å². The van der Waals surface area contributed by atoms with Crippen molar-refractivity contribution in [2.75, 3.05) is 0 Å². The molecule has 0 radical (unpaired) electrons. The van der Waals surface area contributed by atoms with Gasteiger partial charge in [-0.1, -0.05) is 19.0 Å². The molecule has 9 nitrogen and oxygen atoms in total. The van der Waals surface area contributed by atoms with Gasteiger partial charge in [0.1, 0.15) is 11.2 Å². The van der Waals surface area contributed by atoms with E-state index in [1.54, 1.807) is 26.0 Å². The van der Waals surface area contributed by atoms with Crippen molar-refractivity contribution in [1.82, 2.24) is 15.5 Å². The summed E-state index contributed by atoms with van der Waals surface area (Å²) in [6, 6.07) is 6.98. The number of esters is 1. The molecule has 3 rings (SSSR count). The quantitative estimate of drug-likeness (QED) is 0.612. The molecular weight excluding hydrogens is 388 g/mol. The molecule has 0 aromatic carbocycles. The number of amides is 1. The van der Waals surface area contributed by atoms with E-state index in [2.05, 4.69) is 21.5 Å². The zero-order valence-corrected chi connectivity index (χ0v) is 17.3. The molecule has 3 heterocycles. The third kappa shape index (κ3) is 3.89. The van der Waals surface area contributed by atoms with Gasteiger partial charge < -0.3 is 19.0 Å². The molecular formula is C21H22N4O5. The topological polar surface area (TPSA) is 131 Å². The number of pyridine rings is 1. The molecule has 0 spiro atoms. The average molecular weight is 410 g/mol. The third-order valence-corrected chi connectivity index (χ3v) is 5.03. The SMILES string of the molecule is Cc1noc2nc(-c3ccco3)cc(C(=O)OC(C)C(=O)NC(C)(C#N)C(C)C)c12. The number of nitriles is 1. The van der Waals surface area contributed by atoms with Crippen molar-refractivity contribution in [3.63, 3.8) is 0 Å². The first kappa shape index (κ1) is 21.0. The fourth-order valence-electron chi connectivity index (χ4n) is 2.74. The van der Waals surface area contributed by atoms with E-state index in [1.807, 2.05) is 13.8 Å². The monoisotopic (exact) mass is 410 g/mol.